The van der Waals surface area contributed by atoms with Gasteiger partial charge in [0, 0.05) is 41.7 Å². The van der Waals surface area contributed by atoms with Gasteiger partial charge >= 0.3 is 0 Å². The molecule has 1 aliphatic heterocycles. The van der Waals surface area contributed by atoms with E-state index < -0.39 is 0 Å². The molecule has 1 atom stereocenters. The third-order valence-electron chi connectivity index (χ3n) is 6.18. The van der Waals surface area contributed by atoms with Crippen LogP contribution in [0.25, 0.3) is 10.9 Å². The fourth-order valence-corrected chi connectivity index (χ4v) is 4.40. The molecular weight excluding hydrogens is 478 g/mol. The Morgan fingerprint density at radius 1 is 1.24 bits per heavy atom. The summed E-state index contributed by atoms with van der Waals surface area (Å²) in [6.07, 6.45) is 13.4. The number of hydrogen-bond acceptors (Lipinski definition) is 7. The van der Waals surface area contributed by atoms with Crippen molar-refractivity contribution in [2.75, 3.05) is 43.5 Å². The van der Waals surface area contributed by atoms with Crippen LogP contribution in [0.3, 0.4) is 0 Å². The normalized spacial score (nSPS) is 15.2. The minimum absolute atomic E-state index is 0.0822. The highest BCUT2D eigenvalue weighted by molar-refractivity contribution is 6.03. The van der Waals surface area contributed by atoms with E-state index in [1.54, 1.807) is 6.08 Å². The van der Waals surface area contributed by atoms with E-state index in [0.29, 0.717) is 36.0 Å². The fourth-order valence-electron chi connectivity index (χ4n) is 4.40. The highest BCUT2D eigenvalue weighted by atomic mass is 16.5. The highest BCUT2D eigenvalue weighted by Crippen LogP contribution is 2.34. The van der Waals surface area contributed by atoms with Gasteiger partial charge < -0.3 is 20.1 Å². The largest absolute Gasteiger partial charge is 0.486 e. The van der Waals surface area contributed by atoms with Gasteiger partial charge in [0.15, 0.2) is 0 Å². The lowest BCUT2D eigenvalue weighted by Crippen LogP contribution is -2.25. The molecule has 0 radical (unpaired) electrons. The van der Waals surface area contributed by atoms with Crippen LogP contribution in [0.1, 0.15) is 38.7 Å². The van der Waals surface area contributed by atoms with Crippen LogP contribution in [0, 0.1) is 12.3 Å². The van der Waals surface area contributed by atoms with Crippen molar-refractivity contribution in [2.24, 2.45) is 0 Å². The van der Waals surface area contributed by atoms with Crippen LogP contribution < -0.4 is 15.4 Å². The van der Waals surface area contributed by atoms with Gasteiger partial charge in [-0.1, -0.05) is 31.9 Å². The lowest BCUT2D eigenvalue weighted by Gasteiger charge is -2.19. The molecule has 1 saturated heterocycles. The second-order valence-electron chi connectivity index (χ2n) is 9.23. The summed E-state index contributed by atoms with van der Waals surface area (Å²) in [7, 11) is 0. The molecule has 38 heavy (non-hydrogen) atoms. The maximum atomic E-state index is 12.9. The molecule has 0 spiro atoms. The molecule has 0 aliphatic carbocycles. The molecule has 8 nitrogen and oxygen atoms in total. The first-order valence-electron chi connectivity index (χ1n) is 13.2. The predicted molar refractivity (Wildman–Crippen MR) is 152 cm³/mol. The van der Waals surface area contributed by atoms with E-state index in [0.717, 1.165) is 55.5 Å². The second-order valence-corrected chi connectivity index (χ2v) is 9.23. The highest BCUT2D eigenvalue weighted by Gasteiger charge is 2.20. The number of benzene rings is 2. The molecule has 0 bridgehead atoms. The van der Waals surface area contributed by atoms with E-state index in [2.05, 4.69) is 45.3 Å². The van der Waals surface area contributed by atoms with Crippen molar-refractivity contribution in [1.29, 1.82) is 0 Å². The van der Waals surface area contributed by atoms with Gasteiger partial charge in [0.25, 0.3) is 0 Å². The van der Waals surface area contributed by atoms with E-state index in [-0.39, 0.29) is 12.0 Å². The Bertz CT molecular complexity index is 1300. The van der Waals surface area contributed by atoms with E-state index in [4.69, 9.17) is 15.9 Å². The van der Waals surface area contributed by atoms with Crippen molar-refractivity contribution >= 4 is 34.0 Å². The molecule has 198 valence electrons. The maximum Gasteiger partial charge on any atom is 0.248 e. The Morgan fingerprint density at radius 2 is 2.08 bits per heavy atom. The minimum atomic E-state index is -0.224. The number of carbonyl (C=O) groups is 1. The monoisotopic (exact) mass is 513 g/mol. The number of aromatic nitrogens is 2. The Morgan fingerprint density at radius 3 is 2.82 bits per heavy atom. The van der Waals surface area contributed by atoms with Crippen molar-refractivity contribution in [1.82, 2.24) is 14.9 Å². The fraction of sp³-hybridized carbons (Fsp3) is 0.367. The molecule has 2 aromatic carbocycles. The molecular formula is C30H35N5O3. The van der Waals surface area contributed by atoms with Crippen molar-refractivity contribution in [3.8, 4) is 18.1 Å². The summed E-state index contributed by atoms with van der Waals surface area (Å²) in [6.45, 7) is 8.23. The number of ether oxygens (including phenoxy) is 2. The summed E-state index contributed by atoms with van der Waals surface area (Å²) in [5, 5.41) is 7.07. The second kappa shape index (κ2) is 13.6. The summed E-state index contributed by atoms with van der Waals surface area (Å²) in [4.78, 5) is 24.1. The average molecular weight is 514 g/mol. The summed E-state index contributed by atoms with van der Waals surface area (Å²) in [5.74, 6) is 3.57. The summed E-state index contributed by atoms with van der Waals surface area (Å²) >= 11 is 0. The van der Waals surface area contributed by atoms with Crippen LogP contribution in [0.2, 0.25) is 0 Å². The van der Waals surface area contributed by atoms with Crippen molar-refractivity contribution in [2.45, 2.75) is 39.2 Å². The number of nitrogens with zero attached hydrogens (tertiary/aromatic N) is 3. The van der Waals surface area contributed by atoms with E-state index in [1.165, 1.54) is 6.33 Å². The molecule has 4 rings (SSSR count). The number of amides is 1. The first-order valence-corrected chi connectivity index (χ1v) is 13.2. The van der Waals surface area contributed by atoms with Crippen LogP contribution in [-0.2, 0) is 9.53 Å². The van der Waals surface area contributed by atoms with Gasteiger partial charge in [0.2, 0.25) is 5.91 Å². The van der Waals surface area contributed by atoms with Gasteiger partial charge in [-0.05, 0) is 50.2 Å². The molecule has 0 unspecified atom stereocenters. The van der Waals surface area contributed by atoms with Crippen molar-refractivity contribution in [3.05, 3.63) is 60.4 Å². The van der Waals surface area contributed by atoms with Crippen LogP contribution in [0.5, 0.6) is 5.75 Å². The molecule has 8 heteroatoms. The standard InChI is InChI=1S/C30H35N5O3/c1-4-13-35(14-5-2)15-8-11-29(36)34-27-18-25-26(19-28(27)38-24-12-16-37-20-24)31-21-32-30(25)33-23-10-7-9-22(6-3)17-23/h3,7-11,17-19,21,24H,4-5,12-16,20H2,1-2H3,(H,34,36)(H,31,32,33)/b11-8+/t24-/m0/s1. The molecule has 2 heterocycles. The molecule has 3 aromatic rings. The van der Waals surface area contributed by atoms with Gasteiger partial charge in [-0.3, -0.25) is 9.69 Å². The van der Waals surface area contributed by atoms with E-state index in [9.17, 15) is 4.79 Å². The predicted octanol–water partition coefficient (Wildman–Crippen LogP) is 5.14. The number of carbonyl (C=O) groups excluding carboxylic acids is 1. The molecule has 1 aromatic heterocycles. The molecule has 1 fully saturated rings. The Labute approximate surface area is 224 Å². The number of hydrogen-bond donors (Lipinski definition) is 2. The summed E-state index contributed by atoms with van der Waals surface area (Å²) in [6, 6.07) is 11.2. The zero-order valence-corrected chi connectivity index (χ0v) is 22.1. The van der Waals surface area contributed by atoms with Gasteiger partial charge in [-0.25, -0.2) is 9.97 Å². The van der Waals surface area contributed by atoms with Crippen molar-refractivity contribution in [3.63, 3.8) is 0 Å². The third kappa shape index (κ3) is 7.31. The van der Waals surface area contributed by atoms with Gasteiger partial charge in [-0.2, -0.15) is 0 Å². The molecule has 2 N–H and O–H groups in total. The summed E-state index contributed by atoms with van der Waals surface area (Å²) < 4.78 is 11.7. The zero-order chi connectivity index (χ0) is 26.7. The van der Waals surface area contributed by atoms with Crippen LogP contribution in [0.15, 0.2) is 54.9 Å². The van der Waals surface area contributed by atoms with E-state index >= 15 is 0 Å². The van der Waals surface area contributed by atoms with Gasteiger partial charge in [0.05, 0.1) is 24.4 Å². The molecule has 1 aliphatic rings. The van der Waals surface area contributed by atoms with E-state index in [1.807, 2.05) is 42.5 Å². The smallest absolute Gasteiger partial charge is 0.248 e. The first kappa shape index (κ1) is 27.1. The van der Waals surface area contributed by atoms with Crippen molar-refractivity contribution < 1.29 is 14.3 Å². The van der Waals surface area contributed by atoms with Crippen LogP contribution >= 0.6 is 0 Å². The quantitative estimate of drug-likeness (QED) is 0.256. The number of nitrogens with one attached hydrogen (secondary N) is 2. The Kier molecular flexibility index (Phi) is 9.68. The topological polar surface area (TPSA) is 88.6 Å². The van der Waals surface area contributed by atoms with Crippen LogP contribution in [0.4, 0.5) is 17.2 Å². The zero-order valence-electron chi connectivity index (χ0n) is 22.1. The maximum absolute atomic E-state index is 12.9. The molecule has 1 amide bonds. The summed E-state index contributed by atoms with van der Waals surface area (Å²) in [5.41, 5.74) is 2.81. The first-order chi connectivity index (χ1) is 18.6. The van der Waals surface area contributed by atoms with Gasteiger partial charge in [0.1, 0.15) is 24.0 Å². The third-order valence-corrected chi connectivity index (χ3v) is 6.18. The Balaban J connectivity index is 1.61. The number of fused-ring (bicyclic) bond motifs is 1. The minimum Gasteiger partial charge on any atom is -0.486 e. The SMILES string of the molecule is C#Cc1cccc(Nc2ncnc3cc(O[C@H]4CCOC4)c(NC(=O)/C=C/CN(CCC)CCC)cc23)c1. The Hall–Kier alpha value is -3.93. The number of rotatable bonds is 12. The number of terminal acetylenes is 1. The average Bonchev–Trinajstić information content (AvgIpc) is 3.43. The lowest BCUT2D eigenvalue weighted by molar-refractivity contribution is -0.111. The number of anilines is 3. The van der Waals surface area contributed by atoms with Gasteiger partial charge in [-0.15, -0.1) is 6.42 Å². The lowest BCUT2D eigenvalue weighted by atomic mass is 10.1. The molecule has 0 saturated carbocycles. The van der Waals surface area contributed by atoms with Crippen LogP contribution in [-0.4, -0.2) is 59.7 Å².